The number of unbranched alkanes of at least 4 members (excludes halogenated alkanes) is 30. The van der Waals surface area contributed by atoms with E-state index in [-0.39, 0.29) is 18.5 Å². The van der Waals surface area contributed by atoms with Gasteiger partial charge in [-0.1, -0.05) is 186 Å². The Bertz CT molecular complexity index is 874. The Morgan fingerprint density at radius 1 is 0.482 bits per heavy atom. The van der Waals surface area contributed by atoms with Crippen molar-refractivity contribution in [2.45, 2.75) is 270 Å². The van der Waals surface area contributed by atoms with Crippen molar-refractivity contribution in [1.82, 2.24) is 5.32 Å². The standard InChI is InChI=1S/C50H95NO5/c1-3-5-7-9-11-13-15-16-17-18-19-20-24-28-32-36-40-44-50(55)56-45-41-37-33-29-25-22-21-23-27-31-35-39-43-49(54)51-47(46-52)48(53)42-38-34-30-26-14-12-10-8-6-4-2/h16-17,22,25,47-48,52-53H,3-15,18-21,23-24,26-46H2,1-2H3,(H,51,54)/b17-16-,25-22-. The number of aliphatic hydroxyl groups is 2. The second kappa shape index (κ2) is 46.0. The van der Waals surface area contributed by atoms with E-state index in [1.54, 1.807) is 0 Å². The van der Waals surface area contributed by atoms with Crippen molar-refractivity contribution in [1.29, 1.82) is 0 Å². The largest absolute Gasteiger partial charge is 0.466 e. The highest BCUT2D eigenvalue weighted by Gasteiger charge is 2.20. The number of carbonyl (C=O) groups is 2. The van der Waals surface area contributed by atoms with E-state index in [1.807, 2.05) is 0 Å². The Kier molecular flexibility index (Phi) is 44.7. The lowest BCUT2D eigenvalue weighted by Gasteiger charge is -2.22. The van der Waals surface area contributed by atoms with E-state index >= 15 is 0 Å². The Labute approximate surface area is 348 Å². The zero-order valence-electron chi connectivity index (χ0n) is 37.4. The number of carbonyl (C=O) groups excluding carboxylic acids is 2. The first-order valence-electron chi connectivity index (χ1n) is 24.6. The van der Waals surface area contributed by atoms with Crippen LogP contribution in [0.5, 0.6) is 0 Å². The van der Waals surface area contributed by atoms with Crippen LogP contribution in [0.1, 0.15) is 258 Å². The number of aliphatic hydroxyl groups excluding tert-OH is 2. The minimum atomic E-state index is -0.678. The lowest BCUT2D eigenvalue weighted by atomic mass is 10.0. The van der Waals surface area contributed by atoms with Gasteiger partial charge in [-0.3, -0.25) is 9.59 Å². The molecule has 0 aromatic heterocycles. The fraction of sp³-hybridized carbons (Fsp3) is 0.880. The van der Waals surface area contributed by atoms with Crippen molar-refractivity contribution < 1.29 is 24.5 Å². The molecule has 1 amide bonds. The smallest absolute Gasteiger partial charge is 0.305 e. The molecular formula is C50H95NO5. The summed E-state index contributed by atoms with van der Waals surface area (Å²) >= 11 is 0. The van der Waals surface area contributed by atoms with Crippen LogP contribution < -0.4 is 5.32 Å². The zero-order chi connectivity index (χ0) is 40.8. The fourth-order valence-electron chi connectivity index (χ4n) is 7.39. The van der Waals surface area contributed by atoms with Gasteiger partial charge in [-0.25, -0.2) is 0 Å². The van der Waals surface area contributed by atoms with Gasteiger partial charge in [-0.05, 0) is 83.5 Å². The number of ether oxygens (including phenoxy) is 1. The average molecular weight is 790 g/mol. The summed E-state index contributed by atoms with van der Waals surface area (Å²) in [6, 6.07) is -0.558. The molecule has 0 heterocycles. The first kappa shape index (κ1) is 54.3. The van der Waals surface area contributed by atoms with Crippen molar-refractivity contribution in [2.24, 2.45) is 0 Å². The molecule has 2 unspecified atom stereocenters. The number of hydrogen-bond acceptors (Lipinski definition) is 5. The van der Waals surface area contributed by atoms with Crippen molar-refractivity contribution in [3.05, 3.63) is 24.3 Å². The van der Waals surface area contributed by atoms with Crippen LogP contribution >= 0.6 is 0 Å². The van der Waals surface area contributed by atoms with Crippen LogP contribution in [0.15, 0.2) is 24.3 Å². The van der Waals surface area contributed by atoms with Gasteiger partial charge < -0.3 is 20.3 Å². The Balaban J connectivity index is 3.48. The molecule has 0 fully saturated rings. The minimum Gasteiger partial charge on any atom is -0.466 e. The third-order valence-electron chi connectivity index (χ3n) is 11.2. The third-order valence-corrected chi connectivity index (χ3v) is 11.2. The SMILES string of the molecule is CCCCCCCC/C=C\CCCCCCCCCC(=O)OCCCCC/C=C\CCCCCCCC(=O)NC(CO)C(O)CCCCCCCCCCCC. The van der Waals surface area contributed by atoms with E-state index in [0.717, 1.165) is 77.0 Å². The summed E-state index contributed by atoms with van der Waals surface area (Å²) < 4.78 is 5.44. The average Bonchev–Trinajstić information content (AvgIpc) is 3.20. The minimum absolute atomic E-state index is 0.0268. The third kappa shape index (κ3) is 42.0. The van der Waals surface area contributed by atoms with Crippen LogP contribution in [0, 0.1) is 0 Å². The topological polar surface area (TPSA) is 95.9 Å². The lowest BCUT2D eigenvalue weighted by molar-refractivity contribution is -0.143. The molecule has 0 saturated carbocycles. The van der Waals surface area contributed by atoms with Gasteiger partial charge in [0.05, 0.1) is 25.4 Å². The van der Waals surface area contributed by atoms with Crippen LogP contribution in [0.25, 0.3) is 0 Å². The Morgan fingerprint density at radius 3 is 1.27 bits per heavy atom. The second-order valence-electron chi connectivity index (χ2n) is 16.8. The number of nitrogens with one attached hydrogen (secondary N) is 1. The van der Waals surface area contributed by atoms with Crippen molar-refractivity contribution in [3.8, 4) is 0 Å². The maximum Gasteiger partial charge on any atom is 0.305 e. The molecular weight excluding hydrogens is 695 g/mol. The normalized spacial score (nSPS) is 12.9. The molecule has 330 valence electrons. The molecule has 56 heavy (non-hydrogen) atoms. The molecule has 0 bridgehead atoms. The van der Waals surface area contributed by atoms with Crippen molar-refractivity contribution >= 4 is 11.9 Å². The van der Waals surface area contributed by atoms with E-state index in [4.69, 9.17) is 4.74 Å². The summed E-state index contributed by atoms with van der Waals surface area (Å²) in [6.07, 6.45) is 52.9. The molecule has 0 aliphatic carbocycles. The van der Waals surface area contributed by atoms with Crippen molar-refractivity contribution in [3.63, 3.8) is 0 Å². The van der Waals surface area contributed by atoms with Gasteiger partial charge in [0.25, 0.3) is 0 Å². The maximum atomic E-state index is 12.4. The van der Waals surface area contributed by atoms with Gasteiger partial charge in [0, 0.05) is 12.8 Å². The van der Waals surface area contributed by atoms with Gasteiger partial charge in [0.1, 0.15) is 0 Å². The maximum absolute atomic E-state index is 12.4. The van der Waals surface area contributed by atoms with Gasteiger partial charge in [0.2, 0.25) is 5.91 Å². The highest BCUT2D eigenvalue weighted by atomic mass is 16.5. The number of amides is 1. The predicted molar refractivity (Wildman–Crippen MR) is 241 cm³/mol. The summed E-state index contributed by atoms with van der Waals surface area (Å²) in [7, 11) is 0. The molecule has 6 heteroatoms. The monoisotopic (exact) mass is 790 g/mol. The summed E-state index contributed by atoms with van der Waals surface area (Å²) in [5, 5.41) is 23.1. The van der Waals surface area contributed by atoms with Gasteiger partial charge in [0.15, 0.2) is 0 Å². The fourth-order valence-corrected chi connectivity index (χ4v) is 7.39. The van der Waals surface area contributed by atoms with E-state index < -0.39 is 12.1 Å². The first-order valence-corrected chi connectivity index (χ1v) is 24.6. The molecule has 6 nitrogen and oxygen atoms in total. The summed E-state index contributed by atoms with van der Waals surface area (Å²) in [6.45, 7) is 4.86. The van der Waals surface area contributed by atoms with Crippen LogP contribution in [-0.4, -0.2) is 47.4 Å². The lowest BCUT2D eigenvalue weighted by Crippen LogP contribution is -2.45. The summed E-state index contributed by atoms with van der Waals surface area (Å²) in [5.74, 6) is -0.0901. The van der Waals surface area contributed by atoms with Gasteiger partial charge in [-0.15, -0.1) is 0 Å². The van der Waals surface area contributed by atoms with E-state index in [2.05, 4.69) is 43.5 Å². The highest BCUT2D eigenvalue weighted by Crippen LogP contribution is 2.15. The van der Waals surface area contributed by atoms with Crippen molar-refractivity contribution in [2.75, 3.05) is 13.2 Å². The Hall–Kier alpha value is -1.66. The molecule has 0 aromatic carbocycles. The molecule has 0 spiro atoms. The molecule has 0 saturated heterocycles. The number of allylic oxidation sites excluding steroid dienone is 4. The van der Waals surface area contributed by atoms with Crippen LogP contribution in [0.4, 0.5) is 0 Å². The van der Waals surface area contributed by atoms with Crippen LogP contribution in [-0.2, 0) is 14.3 Å². The van der Waals surface area contributed by atoms with E-state index in [1.165, 1.54) is 148 Å². The number of esters is 1. The molecule has 3 N–H and O–H groups in total. The predicted octanol–water partition coefficient (Wildman–Crippen LogP) is 14.3. The molecule has 2 atom stereocenters. The number of hydrogen-bond donors (Lipinski definition) is 3. The van der Waals surface area contributed by atoms with Gasteiger partial charge in [-0.2, -0.15) is 0 Å². The highest BCUT2D eigenvalue weighted by molar-refractivity contribution is 5.76. The number of rotatable bonds is 45. The van der Waals surface area contributed by atoms with Crippen LogP contribution in [0.3, 0.4) is 0 Å². The van der Waals surface area contributed by atoms with E-state index in [9.17, 15) is 19.8 Å². The summed E-state index contributed by atoms with van der Waals surface area (Å²) in [4.78, 5) is 24.4. The molecule has 0 radical (unpaired) electrons. The van der Waals surface area contributed by atoms with Gasteiger partial charge >= 0.3 is 5.97 Å². The summed E-state index contributed by atoms with van der Waals surface area (Å²) in [5.41, 5.74) is 0. The second-order valence-corrected chi connectivity index (χ2v) is 16.8. The quantitative estimate of drug-likeness (QED) is 0.0324. The molecule has 0 aromatic rings. The first-order chi connectivity index (χ1) is 27.5. The molecule has 0 aliphatic heterocycles. The zero-order valence-corrected chi connectivity index (χ0v) is 37.4. The molecule has 0 rings (SSSR count). The Morgan fingerprint density at radius 2 is 0.839 bits per heavy atom. The van der Waals surface area contributed by atoms with Crippen LogP contribution in [0.2, 0.25) is 0 Å². The molecule has 0 aliphatic rings. The van der Waals surface area contributed by atoms with E-state index in [0.29, 0.717) is 25.9 Å².